The minimum Gasteiger partial charge on any atom is -0.309 e. The highest BCUT2D eigenvalue weighted by Gasteiger charge is 2.24. The van der Waals surface area contributed by atoms with Gasteiger partial charge in [-0.15, -0.1) is 0 Å². The fourth-order valence-electron chi connectivity index (χ4n) is 8.39. The summed E-state index contributed by atoms with van der Waals surface area (Å²) >= 11 is 0. The van der Waals surface area contributed by atoms with Crippen molar-refractivity contribution >= 4 is 49.7 Å². The molecule has 0 radical (unpaired) electrons. The predicted molar refractivity (Wildman–Crippen MR) is 222 cm³/mol. The number of nitrogens with zero attached hydrogens (tertiary/aromatic N) is 5. The molecule has 0 aliphatic heterocycles. The van der Waals surface area contributed by atoms with Gasteiger partial charge in [-0.2, -0.15) is 0 Å². The molecule has 0 amide bonds. The van der Waals surface area contributed by atoms with Crippen LogP contribution in [-0.4, -0.2) is 24.1 Å². The lowest BCUT2D eigenvalue weighted by atomic mass is 9.92. The Bertz CT molecular complexity index is 3040. The lowest BCUT2D eigenvalue weighted by Gasteiger charge is -2.21. The van der Waals surface area contributed by atoms with E-state index in [-0.39, 0.29) is 0 Å². The maximum atomic E-state index is 5.37. The minimum absolute atomic E-state index is 0.632. The van der Waals surface area contributed by atoms with Crippen LogP contribution in [0.15, 0.2) is 170 Å². The van der Waals surface area contributed by atoms with Crippen LogP contribution >= 0.6 is 0 Å². The van der Waals surface area contributed by atoms with Crippen molar-refractivity contribution in [3.63, 3.8) is 0 Å². The van der Waals surface area contributed by atoms with Crippen LogP contribution in [0.5, 0.6) is 0 Å². The van der Waals surface area contributed by atoms with E-state index in [0.717, 1.165) is 63.0 Å². The highest BCUT2D eigenvalue weighted by Crippen LogP contribution is 2.41. The zero-order valence-corrected chi connectivity index (χ0v) is 29.4. The zero-order valence-electron chi connectivity index (χ0n) is 29.4. The number of fused-ring (bicyclic) bond motifs is 7. The maximum Gasteiger partial charge on any atom is 0.166 e. The number of hydrogen-bond donors (Lipinski definition) is 0. The fraction of sp³-hybridized carbons (Fsp3) is 0.0408. The number of aryl methyl sites for hydroxylation is 1. The van der Waals surface area contributed by atoms with Gasteiger partial charge in [-0.3, -0.25) is 0 Å². The largest absolute Gasteiger partial charge is 0.309 e. The van der Waals surface area contributed by atoms with E-state index in [9.17, 15) is 0 Å². The third-order valence-corrected chi connectivity index (χ3v) is 10.8. The van der Waals surface area contributed by atoms with Gasteiger partial charge < -0.3 is 9.13 Å². The highest BCUT2D eigenvalue weighted by atomic mass is 15.1. The third kappa shape index (κ3) is 4.75. The van der Waals surface area contributed by atoms with Crippen molar-refractivity contribution in [1.29, 1.82) is 0 Å². The van der Waals surface area contributed by atoms with Crippen molar-refractivity contribution in [3.05, 3.63) is 181 Å². The Kier molecular flexibility index (Phi) is 6.92. The van der Waals surface area contributed by atoms with Crippen LogP contribution in [-0.2, 0) is 6.42 Å². The van der Waals surface area contributed by atoms with Crippen LogP contribution in [0.4, 0.5) is 0 Å². The van der Waals surface area contributed by atoms with E-state index < -0.39 is 0 Å². The van der Waals surface area contributed by atoms with E-state index >= 15 is 0 Å². The topological polar surface area (TPSA) is 48.5 Å². The number of aromatic nitrogens is 5. The molecule has 1 aliphatic rings. The van der Waals surface area contributed by atoms with Crippen LogP contribution in [0.25, 0.3) is 95.2 Å². The number of para-hydroxylation sites is 4. The van der Waals surface area contributed by atoms with Crippen molar-refractivity contribution in [3.8, 4) is 45.5 Å². The van der Waals surface area contributed by atoms with E-state index in [4.69, 9.17) is 15.0 Å². The SMILES string of the molecule is C1=Cc2c(ccc(-c3nc(-c4ccccc4)nc(-c4ccc5c6ccccc6n(-c6ccccc6)c5c4)n3)c2-n2c3ccccc3c3ccccc32)CC1. The van der Waals surface area contributed by atoms with Crippen LogP contribution in [0, 0.1) is 0 Å². The highest BCUT2D eigenvalue weighted by molar-refractivity contribution is 6.11. The molecular weight excluding hydrogens is 659 g/mol. The van der Waals surface area contributed by atoms with E-state index in [1.165, 1.54) is 32.7 Å². The Morgan fingerprint density at radius 2 is 0.981 bits per heavy atom. The Balaban J connectivity index is 1.20. The Labute approximate surface area is 312 Å². The van der Waals surface area contributed by atoms with Crippen molar-refractivity contribution in [2.45, 2.75) is 12.8 Å². The molecule has 0 unspecified atom stereocenters. The molecule has 0 saturated heterocycles. The summed E-state index contributed by atoms with van der Waals surface area (Å²) in [6, 6.07) is 57.9. The van der Waals surface area contributed by atoms with Gasteiger partial charge in [0.15, 0.2) is 17.5 Å². The normalized spacial score (nSPS) is 12.6. The molecule has 5 nitrogen and oxygen atoms in total. The van der Waals surface area contributed by atoms with Crippen LogP contribution in [0.1, 0.15) is 17.5 Å². The first-order chi connectivity index (χ1) is 26.8. The molecule has 54 heavy (non-hydrogen) atoms. The number of benzene rings is 7. The van der Waals surface area contributed by atoms with Crippen LogP contribution in [0.3, 0.4) is 0 Å². The molecular formula is C49H33N5. The standard InChI is InChI=1S/C49H33N5/c1-3-16-33(17-4-1)47-50-48(34-28-29-40-39-23-9-12-24-42(39)53(45(40)31-34)35-18-5-2-6-19-35)52-49(51-47)41-30-27-32-15-7-8-20-36(32)46(41)54-43-25-13-10-21-37(43)38-22-11-14-26-44(38)54/h1-6,8-14,16-31H,7,15H2. The quantitative estimate of drug-likeness (QED) is 0.180. The van der Waals surface area contributed by atoms with Crippen molar-refractivity contribution in [1.82, 2.24) is 24.1 Å². The average molecular weight is 692 g/mol. The van der Waals surface area contributed by atoms with E-state index in [1.54, 1.807) is 0 Å². The van der Waals surface area contributed by atoms with Gasteiger partial charge in [0.05, 0.1) is 27.8 Å². The Morgan fingerprint density at radius 1 is 0.426 bits per heavy atom. The molecule has 0 fully saturated rings. The second-order valence-corrected chi connectivity index (χ2v) is 13.9. The van der Waals surface area contributed by atoms with E-state index in [2.05, 4.69) is 167 Å². The summed E-state index contributed by atoms with van der Waals surface area (Å²) in [5.74, 6) is 1.91. The molecule has 3 aromatic heterocycles. The number of rotatable bonds is 5. The summed E-state index contributed by atoms with van der Waals surface area (Å²) in [5.41, 5.74) is 12.2. The molecule has 3 heterocycles. The van der Waals surface area contributed by atoms with Crippen molar-refractivity contribution < 1.29 is 0 Å². The summed E-state index contributed by atoms with van der Waals surface area (Å²) in [6.07, 6.45) is 6.59. The predicted octanol–water partition coefficient (Wildman–Crippen LogP) is 12.0. The van der Waals surface area contributed by atoms with E-state index in [0.29, 0.717) is 17.5 Å². The second-order valence-electron chi connectivity index (χ2n) is 13.9. The first kappa shape index (κ1) is 30.5. The minimum atomic E-state index is 0.632. The zero-order chi connectivity index (χ0) is 35.6. The maximum absolute atomic E-state index is 5.37. The average Bonchev–Trinajstić information content (AvgIpc) is 3.76. The van der Waals surface area contributed by atoms with Crippen molar-refractivity contribution in [2.24, 2.45) is 0 Å². The molecule has 5 heteroatoms. The lowest BCUT2D eigenvalue weighted by Crippen LogP contribution is -2.08. The molecule has 0 atom stereocenters. The first-order valence-corrected chi connectivity index (χ1v) is 18.5. The molecule has 0 spiro atoms. The van der Waals surface area contributed by atoms with Gasteiger partial charge in [0.25, 0.3) is 0 Å². The first-order valence-electron chi connectivity index (χ1n) is 18.5. The van der Waals surface area contributed by atoms with Crippen LogP contribution in [0.2, 0.25) is 0 Å². The molecule has 254 valence electrons. The van der Waals surface area contributed by atoms with Gasteiger partial charge in [-0.25, -0.2) is 15.0 Å². The Morgan fingerprint density at radius 3 is 1.67 bits per heavy atom. The molecule has 7 aromatic carbocycles. The molecule has 0 N–H and O–H groups in total. The second kappa shape index (κ2) is 12.2. The summed E-state index contributed by atoms with van der Waals surface area (Å²) < 4.78 is 4.76. The van der Waals surface area contributed by atoms with Gasteiger partial charge in [0, 0.05) is 49.5 Å². The lowest BCUT2D eigenvalue weighted by molar-refractivity contribution is 0.975. The third-order valence-electron chi connectivity index (χ3n) is 10.8. The summed E-state index contributed by atoms with van der Waals surface area (Å²) in [4.78, 5) is 15.8. The summed E-state index contributed by atoms with van der Waals surface area (Å²) in [7, 11) is 0. The number of hydrogen-bond acceptors (Lipinski definition) is 3. The van der Waals surface area contributed by atoms with E-state index in [1.807, 2.05) is 18.2 Å². The fourth-order valence-corrected chi connectivity index (χ4v) is 8.39. The van der Waals surface area contributed by atoms with Gasteiger partial charge >= 0.3 is 0 Å². The summed E-state index contributed by atoms with van der Waals surface area (Å²) in [5, 5.41) is 4.84. The number of allylic oxidation sites excluding steroid dienone is 1. The molecule has 1 aliphatic carbocycles. The molecule has 10 aromatic rings. The van der Waals surface area contributed by atoms with Crippen LogP contribution < -0.4 is 0 Å². The molecule has 0 saturated carbocycles. The van der Waals surface area contributed by atoms with Gasteiger partial charge in [-0.05, 0) is 60.9 Å². The van der Waals surface area contributed by atoms with Gasteiger partial charge in [0.2, 0.25) is 0 Å². The molecule has 11 rings (SSSR count). The van der Waals surface area contributed by atoms with Gasteiger partial charge in [-0.1, -0.05) is 133 Å². The molecule has 0 bridgehead atoms. The van der Waals surface area contributed by atoms with Gasteiger partial charge in [0.1, 0.15) is 0 Å². The summed E-state index contributed by atoms with van der Waals surface area (Å²) in [6.45, 7) is 0. The Hall–Kier alpha value is -7.11. The van der Waals surface area contributed by atoms with Crippen molar-refractivity contribution in [2.75, 3.05) is 0 Å². The monoisotopic (exact) mass is 691 g/mol. The smallest absolute Gasteiger partial charge is 0.166 e.